The van der Waals surface area contributed by atoms with Crippen molar-refractivity contribution in [1.82, 2.24) is 14.3 Å². The molecule has 37 heavy (non-hydrogen) atoms. The van der Waals surface area contributed by atoms with Gasteiger partial charge in [-0.1, -0.05) is 41.7 Å². The molecular weight excluding hydrogens is 486 g/mol. The third kappa shape index (κ3) is 4.53. The van der Waals surface area contributed by atoms with Crippen LogP contribution >= 0.6 is 11.3 Å². The van der Waals surface area contributed by atoms with E-state index in [-0.39, 0.29) is 11.5 Å². The number of carbonyl (C=O) groups excluding carboxylic acids is 1. The second kappa shape index (κ2) is 9.67. The fourth-order valence-corrected chi connectivity index (χ4v) is 5.55. The van der Waals surface area contributed by atoms with Crippen molar-refractivity contribution >= 4 is 29.0 Å². The fraction of sp³-hybridized carbons (Fsp3) is 0.214. The molecule has 2 aromatic heterocycles. The van der Waals surface area contributed by atoms with Crippen molar-refractivity contribution in [1.29, 1.82) is 0 Å². The Kier molecular flexibility index (Phi) is 6.39. The van der Waals surface area contributed by atoms with E-state index in [1.165, 1.54) is 11.3 Å². The summed E-state index contributed by atoms with van der Waals surface area (Å²) in [4.78, 5) is 32.8. The van der Waals surface area contributed by atoms with E-state index in [0.29, 0.717) is 32.0 Å². The van der Waals surface area contributed by atoms with Crippen molar-refractivity contribution < 1.29 is 9.53 Å². The molecule has 0 fully saturated rings. The summed E-state index contributed by atoms with van der Waals surface area (Å²) in [6.45, 7) is 5.65. The molecule has 5 rings (SSSR count). The van der Waals surface area contributed by atoms with E-state index in [1.54, 1.807) is 16.4 Å². The van der Waals surface area contributed by atoms with Crippen molar-refractivity contribution in [2.24, 2.45) is 12.0 Å². The SMILES string of the molecule is COc1ccc([C@H]2C(C(=O)Nc3ccccc3C)=C(C)N=c3s/c(=C/c4cn(C)nc4C)c(=O)n32)cc1. The molecule has 3 heterocycles. The number of nitrogens with zero attached hydrogens (tertiary/aromatic N) is 4. The maximum absolute atomic E-state index is 13.8. The van der Waals surface area contributed by atoms with Gasteiger partial charge >= 0.3 is 0 Å². The first-order chi connectivity index (χ1) is 17.8. The summed E-state index contributed by atoms with van der Waals surface area (Å²) in [5, 5.41) is 7.40. The van der Waals surface area contributed by atoms with Crippen LogP contribution in [0.3, 0.4) is 0 Å². The highest BCUT2D eigenvalue weighted by molar-refractivity contribution is 7.07. The Hall–Kier alpha value is -4.24. The summed E-state index contributed by atoms with van der Waals surface area (Å²) < 4.78 is 9.19. The van der Waals surface area contributed by atoms with Crippen LogP contribution in [0.25, 0.3) is 6.08 Å². The molecule has 1 N–H and O–H groups in total. The van der Waals surface area contributed by atoms with Gasteiger partial charge in [0.25, 0.3) is 11.5 Å². The average molecular weight is 514 g/mol. The summed E-state index contributed by atoms with van der Waals surface area (Å²) in [6, 6.07) is 14.4. The van der Waals surface area contributed by atoms with Gasteiger partial charge in [0, 0.05) is 24.5 Å². The third-order valence-electron chi connectivity index (χ3n) is 6.43. The quantitative estimate of drug-likeness (QED) is 0.444. The van der Waals surface area contributed by atoms with Crippen molar-refractivity contribution in [2.75, 3.05) is 12.4 Å². The fourth-order valence-electron chi connectivity index (χ4n) is 4.52. The van der Waals surface area contributed by atoms with Gasteiger partial charge in [0.2, 0.25) is 0 Å². The molecule has 188 valence electrons. The minimum absolute atomic E-state index is 0.207. The first kappa shape index (κ1) is 24.5. The molecule has 8 nitrogen and oxygen atoms in total. The van der Waals surface area contributed by atoms with E-state index in [9.17, 15) is 9.59 Å². The summed E-state index contributed by atoms with van der Waals surface area (Å²) in [7, 11) is 3.45. The van der Waals surface area contributed by atoms with Gasteiger partial charge in [0.1, 0.15) is 5.75 Å². The lowest BCUT2D eigenvalue weighted by molar-refractivity contribution is -0.113. The minimum Gasteiger partial charge on any atom is -0.497 e. The highest BCUT2D eigenvalue weighted by atomic mass is 32.1. The highest BCUT2D eigenvalue weighted by Crippen LogP contribution is 2.32. The van der Waals surface area contributed by atoms with Gasteiger partial charge < -0.3 is 10.1 Å². The van der Waals surface area contributed by atoms with Gasteiger partial charge in [-0.05, 0) is 56.2 Å². The number of hydrogen-bond acceptors (Lipinski definition) is 6. The lowest BCUT2D eigenvalue weighted by Crippen LogP contribution is -2.40. The molecule has 1 aliphatic rings. The first-order valence-corrected chi connectivity index (χ1v) is 12.6. The topological polar surface area (TPSA) is 90.5 Å². The molecule has 0 unspecified atom stereocenters. The Balaban J connectivity index is 1.68. The van der Waals surface area contributed by atoms with Crippen LogP contribution in [-0.2, 0) is 11.8 Å². The van der Waals surface area contributed by atoms with Crippen molar-refractivity contribution in [3.05, 3.63) is 108 Å². The largest absolute Gasteiger partial charge is 0.497 e. The maximum Gasteiger partial charge on any atom is 0.271 e. The molecule has 1 aliphatic heterocycles. The number of thiazole rings is 1. The standard InChI is InChI=1S/C28H27N5O3S/c1-16-8-6-7-9-22(16)30-26(34)24-18(3)29-28-33(25(24)19-10-12-21(36-5)13-11-19)27(35)23(37-28)14-20-15-32(4)31-17(20)2/h6-15,25H,1-5H3,(H,30,34)/b23-14+/t25-/m0/s1. The summed E-state index contributed by atoms with van der Waals surface area (Å²) in [6.07, 6.45) is 3.71. The van der Waals surface area contributed by atoms with Crippen molar-refractivity contribution in [3.63, 3.8) is 0 Å². The number of para-hydroxylation sites is 1. The summed E-state index contributed by atoms with van der Waals surface area (Å²) in [5.41, 5.74) is 4.92. The molecule has 9 heteroatoms. The Morgan fingerprint density at radius 2 is 1.84 bits per heavy atom. The van der Waals surface area contributed by atoms with Crippen LogP contribution in [0.4, 0.5) is 5.69 Å². The number of rotatable bonds is 5. The van der Waals surface area contributed by atoms with E-state index < -0.39 is 6.04 Å². The molecule has 1 atom stereocenters. The number of fused-ring (bicyclic) bond motifs is 1. The Morgan fingerprint density at radius 3 is 2.49 bits per heavy atom. The normalized spacial score (nSPS) is 15.4. The number of aromatic nitrogens is 3. The Labute approximate surface area is 217 Å². The molecule has 0 bridgehead atoms. The number of allylic oxidation sites excluding steroid dienone is 1. The van der Waals surface area contributed by atoms with E-state index in [0.717, 1.165) is 22.4 Å². The molecule has 2 aromatic carbocycles. The zero-order chi connectivity index (χ0) is 26.3. The predicted molar refractivity (Wildman–Crippen MR) is 145 cm³/mol. The van der Waals surface area contributed by atoms with Crippen LogP contribution in [0.5, 0.6) is 5.75 Å². The smallest absolute Gasteiger partial charge is 0.271 e. The van der Waals surface area contributed by atoms with Gasteiger partial charge in [0.15, 0.2) is 4.80 Å². The first-order valence-electron chi connectivity index (χ1n) is 11.8. The number of anilines is 1. The zero-order valence-corrected chi connectivity index (χ0v) is 22.1. The van der Waals surface area contributed by atoms with Crippen molar-refractivity contribution in [3.8, 4) is 5.75 Å². The van der Waals surface area contributed by atoms with Crippen LogP contribution in [0, 0.1) is 13.8 Å². The minimum atomic E-state index is -0.650. The van der Waals surface area contributed by atoms with Crippen molar-refractivity contribution in [2.45, 2.75) is 26.8 Å². The predicted octanol–water partition coefficient (Wildman–Crippen LogP) is 3.23. The number of ether oxygens (including phenoxy) is 1. The van der Waals surface area contributed by atoms with Gasteiger partial charge in [-0.15, -0.1) is 0 Å². The number of benzene rings is 2. The zero-order valence-electron chi connectivity index (χ0n) is 21.3. The number of nitrogens with one attached hydrogen (secondary N) is 1. The Bertz CT molecular complexity index is 1720. The molecule has 0 saturated heterocycles. The van der Waals surface area contributed by atoms with E-state index in [1.807, 2.05) is 88.6 Å². The van der Waals surface area contributed by atoms with Crippen LogP contribution in [0.2, 0.25) is 0 Å². The Morgan fingerprint density at radius 1 is 1.11 bits per heavy atom. The average Bonchev–Trinajstić information content (AvgIpc) is 3.36. The molecule has 0 radical (unpaired) electrons. The van der Waals surface area contributed by atoms with Crippen LogP contribution in [-0.4, -0.2) is 27.4 Å². The number of amides is 1. The molecule has 0 aliphatic carbocycles. The van der Waals surface area contributed by atoms with E-state index >= 15 is 0 Å². The van der Waals surface area contributed by atoms with Crippen LogP contribution in [0.1, 0.15) is 35.3 Å². The van der Waals surface area contributed by atoms with Gasteiger partial charge in [0.05, 0.1) is 34.6 Å². The monoisotopic (exact) mass is 513 g/mol. The summed E-state index contributed by atoms with van der Waals surface area (Å²) in [5.74, 6) is 0.392. The van der Waals surface area contributed by atoms with Crippen LogP contribution in [0.15, 0.2) is 75.8 Å². The number of carbonyl (C=O) groups is 1. The molecular formula is C28H27N5O3S. The summed E-state index contributed by atoms with van der Waals surface area (Å²) >= 11 is 1.31. The number of aryl methyl sites for hydroxylation is 3. The van der Waals surface area contributed by atoms with E-state index in [2.05, 4.69) is 10.4 Å². The lowest BCUT2D eigenvalue weighted by Gasteiger charge is -2.25. The molecule has 4 aromatic rings. The van der Waals surface area contributed by atoms with Gasteiger partial charge in [-0.25, -0.2) is 4.99 Å². The molecule has 0 spiro atoms. The second-order valence-electron chi connectivity index (χ2n) is 8.97. The number of methoxy groups -OCH3 is 1. The van der Waals surface area contributed by atoms with E-state index in [4.69, 9.17) is 9.73 Å². The number of hydrogen-bond donors (Lipinski definition) is 1. The lowest BCUT2D eigenvalue weighted by atomic mass is 9.95. The van der Waals surface area contributed by atoms with Gasteiger partial charge in [-0.3, -0.25) is 18.8 Å². The molecule has 1 amide bonds. The molecule has 0 saturated carbocycles. The third-order valence-corrected chi connectivity index (χ3v) is 7.41. The second-order valence-corrected chi connectivity index (χ2v) is 9.98. The van der Waals surface area contributed by atoms with Gasteiger partial charge in [-0.2, -0.15) is 5.10 Å². The maximum atomic E-state index is 13.8. The highest BCUT2D eigenvalue weighted by Gasteiger charge is 2.32. The van der Waals surface area contributed by atoms with Crippen LogP contribution < -0.4 is 24.9 Å².